The van der Waals surface area contributed by atoms with Crippen LogP contribution in [0.1, 0.15) is 65.7 Å². The molecule has 0 N–H and O–H groups in total. The van der Waals surface area contributed by atoms with Crippen molar-refractivity contribution in [1.29, 1.82) is 0 Å². The summed E-state index contributed by atoms with van der Waals surface area (Å²) in [6, 6.07) is 0. The topological polar surface area (TPSA) is 26.3 Å². The smallest absolute Gasteiger partial charge is 0.302 e. The highest BCUT2D eigenvalue weighted by molar-refractivity contribution is 6.51. The van der Waals surface area contributed by atoms with E-state index in [1.165, 1.54) is 32.1 Å². The summed E-state index contributed by atoms with van der Waals surface area (Å²) < 4.78 is 5.25. The van der Waals surface area contributed by atoms with Crippen LogP contribution in [0.15, 0.2) is 11.6 Å². The first-order chi connectivity index (χ1) is 12.2. The van der Waals surface area contributed by atoms with Crippen molar-refractivity contribution < 1.29 is 9.53 Å². The van der Waals surface area contributed by atoms with Gasteiger partial charge in [-0.2, -0.15) is 0 Å². The standard InChI is InChI=1S/C22H30Cl2O2/c1-12(25)26-18-7-6-14-13-4-5-16-19-17(22(19,23)24)9-10-20(16,2)15(13)8-11-21(14,18)3/h5,13-15,17-19H,4,6-11H2,1-3H3/t13-,14-,15-,17+,18-,19+,20+,21-/m0/s1. The number of hydrogen-bond acceptors (Lipinski definition) is 2. The minimum atomic E-state index is -0.507. The van der Waals surface area contributed by atoms with Gasteiger partial charge in [0.15, 0.2) is 0 Å². The molecule has 0 unspecified atom stereocenters. The average Bonchev–Trinajstić information content (AvgIpc) is 2.96. The second kappa shape index (κ2) is 5.44. The number of fused-ring (bicyclic) bond motifs is 7. The quantitative estimate of drug-likeness (QED) is 0.312. The zero-order chi connectivity index (χ0) is 18.5. The predicted molar refractivity (Wildman–Crippen MR) is 104 cm³/mol. The van der Waals surface area contributed by atoms with Crippen LogP contribution in [0.2, 0.25) is 0 Å². The van der Waals surface area contributed by atoms with Gasteiger partial charge in [0.25, 0.3) is 0 Å². The first-order valence-corrected chi connectivity index (χ1v) is 11.2. The van der Waals surface area contributed by atoms with E-state index in [0.717, 1.165) is 24.7 Å². The minimum absolute atomic E-state index is 0.113. The Kier molecular flexibility index (Phi) is 3.74. The molecule has 5 aliphatic carbocycles. The van der Waals surface area contributed by atoms with Crippen LogP contribution in [0.3, 0.4) is 0 Å². The van der Waals surface area contributed by atoms with E-state index in [0.29, 0.717) is 17.8 Å². The molecule has 0 aromatic heterocycles. The number of alkyl halides is 2. The second-order valence-corrected chi connectivity index (χ2v) is 11.7. The molecule has 5 aliphatic rings. The van der Waals surface area contributed by atoms with Crippen molar-refractivity contribution in [2.75, 3.05) is 0 Å². The van der Waals surface area contributed by atoms with Gasteiger partial charge in [0.05, 0.1) is 0 Å². The van der Waals surface area contributed by atoms with E-state index in [4.69, 9.17) is 27.9 Å². The molecule has 0 amide bonds. The maximum Gasteiger partial charge on any atom is 0.302 e. The van der Waals surface area contributed by atoms with Crippen LogP contribution in [0.4, 0.5) is 0 Å². The summed E-state index contributed by atoms with van der Waals surface area (Å²) in [5, 5.41) is 0. The Labute approximate surface area is 167 Å². The van der Waals surface area contributed by atoms with E-state index in [2.05, 4.69) is 19.9 Å². The molecule has 5 rings (SSSR count). The van der Waals surface area contributed by atoms with Crippen molar-refractivity contribution in [2.45, 2.75) is 76.2 Å². The first kappa shape index (κ1) is 17.9. The fourth-order valence-electron chi connectivity index (χ4n) is 7.90. The Morgan fingerprint density at radius 3 is 2.54 bits per heavy atom. The zero-order valence-electron chi connectivity index (χ0n) is 16.1. The third-order valence-corrected chi connectivity index (χ3v) is 10.3. The number of carbonyl (C=O) groups is 1. The average molecular weight is 397 g/mol. The molecule has 4 heteroatoms. The molecule has 0 aromatic rings. The van der Waals surface area contributed by atoms with Gasteiger partial charge in [0, 0.05) is 24.2 Å². The number of hydrogen-bond donors (Lipinski definition) is 0. The maximum atomic E-state index is 11.6. The molecule has 0 aromatic carbocycles. The number of rotatable bonds is 1. The van der Waals surface area contributed by atoms with Crippen LogP contribution in [0, 0.1) is 40.4 Å². The molecular formula is C22H30Cl2O2. The van der Waals surface area contributed by atoms with Crippen LogP contribution in [0.5, 0.6) is 0 Å². The molecule has 0 bridgehead atoms. The number of esters is 1. The van der Waals surface area contributed by atoms with Gasteiger partial charge in [0.1, 0.15) is 10.4 Å². The molecule has 144 valence electrons. The third kappa shape index (κ3) is 2.15. The summed E-state index contributed by atoms with van der Waals surface area (Å²) in [5.74, 6) is 2.89. The molecular weight excluding hydrogens is 367 g/mol. The molecule has 26 heavy (non-hydrogen) atoms. The van der Waals surface area contributed by atoms with Crippen LogP contribution >= 0.6 is 23.2 Å². The summed E-state index contributed by atoms with van der Waals surface area (Å²) >= 11 is 13.3. The van der Waals surface area contributed by atoms with Gasteiger partial charge in [-0.25, -0.2) is 0 Å². The van der Waals surface area contributed by atoms with Crippen LogP contribution in [-0.2, 0) is 9.53 Å². The predicted octanol–water partition coefficient (Wildman–Crippen LogP) is 5.91. The molecule has 8 atom stereocenters. The van der Waals surface area contributed by atoms with Crippen molar-refractivity contribution >= 4 is 29.2 Å². The van der Waals surface area contributed by atoms with Crippen LogP contribution < -0.4 is 0 Å². The lowest BCUT2D eigenvalue weighted by molar-refractivity contribution is -0.156. The van der Waals surface area contributed by atoms with Crippen LogP contribution in [-0.4, -0.2) is 16.4 Å². The van der Waals surface area contributed by atoms with Gasteiger partial charge in [-0.3, -0.25) is 4.79 Å². The Balaban J connectivity index is 1.46. The number of allylic oxidation sites excluding steroid dienone is 2. The Morgan fingerprint density at radius 1 is 1.08 bits per heavy atom. The van der Waals surface area contributed by atoms with Gasteiger partial charge in [-0.15, -0.1) is 23.2 Å². The highest BCUT2D eigenvalue weighted by atomic mass is 35.5. The van der Waals surface area contributed by atoms with Crippen LogP contribution in [0.25, 0.3) is 0 Å². The molecule has 4 fully saturated rings. The number of carbonyl (C=O) groups excluding carboxylic acids is 1. The monoisotopic (exact) mass is 396 g/mol. The lowest BCUT2D eigenvalue weighted by Gasteiger charge is -2.57. The lowest BCUT2D eigenvalue weighted by Crippen LogP contribution is -2.51. The Morgan fingerprint density at radius 2 is 1.81 bits per heavy atom. The molecule has 4 saturated carbocycles. The van der Waals surface area contributed by atoms with E-state index in [1.54, 1.807) is 12.5 Å². The van der Waals surface area contributed by atoms with Gasteiger partial charge in [-0.05, 0) is 68.1 Å². The van der Waals surface area contributed by atoms with E-state index in [1.807, 2.05) is 0 Å². The normalized spacial score (nSPS) is 53.5. The van der Waals surface area contributed by atoms with Gasteiger partial charge >= 0.3 is 5.97 Å². The summed E-state index contributed by atoms with van der Waals surface area (Å²) in [4.78, 5) is 11.6. The first-order valence-electron chi connectivity index (χ1n) is 10.4. The van der Waals surface area contributed by atoms with Gasteiger partial charge in [0.2, 0.25) is 0 Å². The SMILES string of the molecule is CC(=O)O[C@H]1CC[C@H]2[C@@H]3CC=C4[C@@H]5[C@@H](CC[C@]4(C)[C@H]3CC[C@]12C)C5(Cl)Cl. The minimum Gasteiger partial charge on any atom is -0.462 e. The Bertz CT molecular complexity index is 686. The molecule has 0 spiro atoms. The second-order valence-electron chi connectivity index (χ2n) is 10.2. The van der Waals surface area contributed by atoms with E-state index in [9.17, 15) is 4.79 Å². The molecule has 0 saturated heterocycles. The van der Waals surface area contributed by atoms with Crippen molar-refractivity contribution in [3.8, 4) is 0 Å². The molecule has 2 nitrogen and oxygen atoms in total. The van der Waals surface area contributed by atoms with E-state index >= 15 is 0 Å². The highest BCUT2D eigenvalue weighted by Crippen LogP contribution is 2.75. The van der Waals surface area contributed by atoms with Crippen molar-refractivity contribution in [3.05, 3.63) is 11.6 Å². The van der Waals surface area contributed by atoms with E-state index in [-0.39, 0.29) is 22.9 Å². The van der Waals surface area contributed by atoms with Gasteiger partial charge in [-0.1, -0.05) is 25.5 Å². The molecule has 0 aliphatic heterocycles. The lowest BCUT2D eigenvalue weighted by atomic mass is 9.48. The maximum absolute atomic E-state index is 11.6. The summed E-state index contributed by atoms with van der Waals surface area (Å²) in [6.07, 6.45) is 10.9. The highest BCUT2D eigenvalue weighted by Gasteiger charge is 2.71. The summed E-state index contributed by atoms with van der Waals surface area (Å²) in [5.41, 5.74) is 2.02. The summed E-state index contributed by atoms with van der Waals surface area (Å²) in [7, 11) is 0. The fraction of sp³-hybridized carbons (Fsp3) is 0.864. The Hall–Kier alpha value is -0.210. The molecule has 0 heterocycles. The molecule has 0 radical (unpaired) electrons. The van der Waals surface area contributed by atoms with Gasteiger partial charge < -0.3 is 4.74 Å². The summed E-state index contributed by atoms with van der Waals surface area (Å²) in [6.45, 7) is 6.43. The van der Waals surface area contributed by atoms with Crippen molar-refractivity contribution in [2.24, 2.45) is 40.4 Å². The largest absolute Gasteiger partial charge is 0.462 e. The van der Waals surface area contributed by atoms with Crippen molar-refractivity contribution in [1.82, 2.24) is 0 Å². The van der Waals surface area contributed by atoms with E-state index < -0.39 is 4.33 Å². The van der Waals surface area contributed by atoms with Crippen molar-refractivity contribution in [3.63, 3.8) is 0 Å². The number of halogens is 2. The fourth-order valence-corrected chi connectivity index (χ4v) is 8.79. The zero-order valence-corrected chi connectivity index (χ0v) is 17.6. The third-order valence-electron chi connectivity index (χ3n) is 9.26. The number of ether oxygens (including phenoxy) is 1.